The monoisotopic (exact) mass is 252 g/mol. The second-order valence-electron chi connectivity index (χ2n) is 4.61. The number of hydrogen-bond acceptors (Lipinski definition) is 5. The number of amides is 1. The molecule has 0 aromatic carbocycles. The van der Waals surface area contributed by atoms with Gasteiger partial charge in [0.15, 0.2) is 0 Å². The molecule has 1 fully saturated rings. The molecule has 18 heavy (non-hydrogen) atoms. The van der Waals surface area contributed by atoms with E-state index in [1.54, 1.807) is 7.05 Å². The van der Waals surface area contributed by atoms with Gasteiger partial charge in [-0.05, 0) is 13.8 Å². The Morgan fingerprint density at radius 1 is 1.61 bits per heavy atom. The number of likely N-dealkylation sites (N-methyl/N-ethyl adjacent to an activating group) is 1. The molecular weight excluding hydrogens is 232 g/mol. The second kappa shape index (κ2) is 5.49. The quantitative estimate of drug-likeness (QED) is 0.780. The molecular formula is C12H20N4O2. The highest BCUT2D eigenvalue weighted by Crippen LogP contribution is 2.17. The topological polar surface area (TPSA) is 70.4 Å². The van der Waals surface area contributed by atoms with Crippen molar-refractivity contribution in [1.82, 2.24) is 20.7 Å². The van der Waals surface area contributed by atoms with Gasteiger partial charge in [0.05, 0.1) is 5.69 Å². The molecule has 0 saturated carbocycles. The van der Waals surface area contributed by atoms with Gasteiger partial charge in [-0.15, -0.1) is 0 Å². The van der Waals surface area contributed by atoms with Gasteiger partial charge in [0.25, 0.3) is 0 Å². The van der Waals surface area contributed by atoms with Crippen molar-refractivity contribution in [3.63, 3.8) is 0 Å². The normalized spacial score (nSPS) is 20.9. The molecule has 2 N–H and O–H groups in total. The lowest BCUT2D eigenvalue weighted by Gasteiger charge is -2.34. The second-order valence-corrected chi connectivity index (χ2v) is 4.61. The van der Waals surface area contributed by atoms with E-state index in [2.05, 4.69) is 20.7 Å². The van der Waals surface area contributed by atoms with Gasteiger partial charge in [-0.25, -0.2) is 0 Å². The van der Waals surface area contributed by atoms with Crippen LogP contribution >= 0.6 is 0 Å². The Kier molecular flexibility index (Phi) is 3.98. The van der Waals surface area contributed by atoms with E-state index in [-0.39, 0.29) is 11.9 Å². The summed E-state index contributed by atoms with van der Waals surface area (Å²) in [6.45, 7) is 6.98. The third-order valence-corrected chi connectivity index (χ3v) is 3.45. The summed E-state index contributed by atoms with van der Waals surface area (Å²) < 4.78 is 5.17. The molecule has 2 heterocycles. The fourth-order valence-electron chi connectivity index (χ4n) is 2.29. The van der Waals surface area contributed by atoms with E-state index < -0.39 is 0 Å². The summed E-state index contributed by atoms with van der Waals surface area (Å²) in [6, 6.07) is -0.127. The summed E-state index contributed by atoms with van der Waals surface area (Å²) in [4.78, 5) is 14.0. The van der Waals surface area contributed by atoms with Crippen molar-refractivity contribution < 1.29 is 9.32 Å². The molecule has 1 aromatic rings. The fourth-order valence-corrected chi connectivity index (χ4v) is 2.29. The summed E-state index contributed by atoms with van der Waals surface area (Å²) in [5, 5.41) is 9.92. The first kappa shape index (κ1) is 13.0. The Morgan fingerprint density at radius 2 is 2.39 bits per heavy atom. The van der Waals surface area contributed by atoms with E-state index in [4.69, 9.17) is 4.52 Å². The molecule has 1 saturated heterocycles. The first-order valence-corrected chi connectivity index (χ1v) is 6.21. The fraction of sp³-hybridized carbons (Fsp3) is 0.667. The average molecular weight is 252 g/mol. The molecule has 0 spiro atoms. The molecule has 0 radical (unpaired) electrons. The van der Waals surface area contributed by atoms with Gasteiger partial charge in [0.2, 0.25) is 5.91 Å². The highest BCUT2D eigenvalue weighted by molar-refractivity contribution is 5.81. The van der Waals surface area contributed by atoms with E-state index in [0.29, 0.717) is 13.1 Å². The summed E-state index contributed by atoms with van der Waals surface area (Å²) in [5.41, 5.74) is 1.99. The predicted molar refractivity (Wildman–Crippen MR) is 67.1 cm³/mol. The molecule has 100 valence electrons. The van der Waals surface area contributed by atoms with Crippen LogP contribution in [-0.2, 0) is 11.3 Å². The van der Waals surface area contributed by atoms with Crippen molar-refractivity contribution in [1.29, 1.82) is 0 Å². The lowest BCUT2D eigenvalue weighted by molar-refractivity contribution is -0.126. The predicted octanol–water partition coefficient (Wildman–Crippen LogP) is -0.189. The zero-order valence-electron chi connectivity index (χ0n) is 11.1. The van der Waals surface area contributed by atoms with Gasteiger partial charge in [0.1, 0.15) is 11.8 Å². The maximum Gasteiger partial charge on any atom is 0.238 e. The van der Waals surface area contributed by atoms with Crippen LogP contribution in [0.5, 0.6) is 0 Å². The van der Waals surface area contributed by atoms with E-state index >= 15 is 0 Å². The highest BCUT2D eigenvalue weighted by Gasteiger charge is 2.29. The third kappa shape index (κ3) is 2.54. The first-order chi connectivity index (χ1) is 8.63. The zero-order valence-corrected chi connectivity index (χ0v) is 11.1. The summed E-state index contributed by atoms with van der Waals surface area (Å²) >= 11 is 0. The van der Waals surface area contributed by atoms with Gasteiger partial charge < -0.3 is 15.2 Å². The summed E-state index contributed by atoms with van der Waals surface area (Å²) in [6.07, 6.45) is 0. The Balaban J connectivity index is 2.13. The Morgan fingerprint density at radius 3 is 3.00 bits per heavy atom. The van der Waals surface area contributed by atoms with Gasteiger partial charge in [-0.1, -0.05) is 5.16 Å². The van der Waals surface area contributed by atoms with Crippen molar-refractivity contribution in [3.8, 4) is 0 Å². The van der Waals surface area contributed by atoms with Gasteiger partial charge in [-0.2, -0.15) is 0 Å². The highest BCUT2D eigenvalue weighted by atomic mass is 16.5. The maximum absolute atomic E-state index is 11.8. The Labute approximate surface area is 107 Å². The molecule has 1 aliphatic rings. The van der Waals surface area contributed by atoms with Crippen molar-refractivity contribution >= 4 is 5.91 Å². The van der Waals surface area contributed by atoms with Crippen LogP contribution in [0, 0.1) is 13.8 Å². The minimum atomic E-state index is -0.127. The molecule has 0 bridgehead atoms. The molecule has 1 aromatic heterocycles. The molecule has 1 amide bonds. The number of carbonyl (C=O) groups excluding carboxylic acids is 1. The van der Waals surface area contributed by atoms with Crippen LogP contribution in [0.3, 0.4) is 0 Å². The minimum absolute atomic E-state index is 0.0500. The average Bonchev–Trinajstić information content (AvgIpc) is 2.70. The first-order valence-electron chi connectivity index (χ1n) is 6.21. The van der Waals surface area contributed by atoms with Crippen LogP contribution in [0.15, 0.2) is 4.52 Å². The number of hydrogen-bond donors (Lipinski definition) is 2. The minimum Gasteiger partial charge on any atom is -0.361 e. The number of piperazine rings is 1. The molecule has 1 atom stereocenters. The SMILES string of the molecule is CNC(=O)C1CNCCN1Cc1c(C)noc1C. The lowest BCUT2D eigenvalue weighted by Crippen LogP contribution is -2.56. The van der Waals surface area contributed by atoms with Crippen LogP contribution in [0.25, 0.3) is 0 Å². The number of nitrogens with zero attached hydrogens (tertiary/aromatic N) is 2. The van der Waals surface area contributed by atoms with E-state index in [1.165, 1.54) is 0 Å². The van der Waals surface area contributed by atoms with Crippen LogP contribution in [-0.4, -0.2) is 48.7 Å². The molecule has 0 aliphatic carbocycles. The van der Waals surface area contributed by atoms with Gasteiger partial charge in [-0.3, -0.25) is 9.69 Å². The number of rotatable bonds is 3. The lowest BCUT2D eigenvalue weighted by atomic mass is 10.1. The van der Waals surface area contributed by atoms with Crippen molar-refractivity contribution in [2.75, 3.05) is 26.7 Å². The Bertz CT molecular complexity index is 410. The summed E-state index contributed by atoms with van der Waals surface area (Å²) in [7, 11) is 1.67. The standard InChI is InChI=1S/C12H20N4O2/c1-8-10(9(2)18-15-8)7-16-5-4-14-6-11(16)12(17)13-3/h11,14H,4-7H2,1-3H3,(H,13,17). The maximum atomic E-state index is 11.8. The number of aromatic nitrogens is 1. The zero-order chi connectivity index (χ0) is 13.1. The van der Waals surface area contributed by atoms with Crippen LogP contribution in [0.2, 0.25) is 0 Å². The van der Waals surface area contributed by atoms with Crippen LogP contribution in [0.1, 0.15) is 17.0 Å². The van der Waals surface area contributed by atoms with Crippen LogP contribution < -0.4 is 10.6 Å². The van der Waals surface area contributed by atoms with E-state index in [1.807, 2.05) is 13.8 Å². The molecule has 1 aliphatic heterocycles. The smallest absolute Gasteiger partial charge is 0.238 e. The van der Waals surface area contributed by atoms with Crippen molar-refractivity contribution in [3.05, 3.63) is 17.0 Å². The number of carbonyl (C=O) groups is 1. The largest absolute Gasteiger partial charge is 0.361 e. The van der Waals surface area contributed by atoms with Gasteiger partial charge in [0, 0.05) is 38.8 Å². The van der Waals surface area contributed by atoms with Gasteiger partial charge >= 0.3 is 0 Å². The molecule has 1 unspecified atom stereocenters. The van der Waals surface area contributed by atoms with Crippen LogP contribution in [0.4, 0.5) is 0 Å². The molecule has 2 rings (SSSR count). The number of aryl methyl sites for hydroxylation is 2. The Hall–Kier alpha value is -1.40. The number of nitrogens with one attached hydrogen (secondary N) is 2. The molecule has 6 heteroatoms. The van der Waals surface area contributed by atoms with E-state index in [9.17, 15) is 4.79 Å². The summed E-state index contributed by atoms with van der Waals surface area (Å²) in [5.74, 6) is 0.885. The van der Waals surface area contributed by atoms with Crippen molar-refractivity contribution in [2.24, 2.45) is 0 Å². The van der Waals surface area contributed by atoms with Crippen molar-refractivity contribution in [2.45, 2.75) is 26.4 Å². The molecule has 6 nitrogen and oxygen atoms in total. The van der Waals surface area contributed by atoms with E-state index in [0.717, 1.165) is 30.1 Å². The third-order valence-electron chi connectivity index (χ3n) is 3.45.